The van der Waals surface area contributed by atoms with Gasteiger partial charge in [0.05, 0.1) is 0 Å². The minimum atomic E-state index is -5.94. The van der Waals surface area contributed by atoms with Crippen molar-refractivity contribution in [1.29, 1.82) is 0 Å². The first-order valence-electron chi connectivity index (χ1n) is 8.82. The Morgan fingerprint density at radius 3 is 1.83 bits per heavy atom. The minimum absolute atomic E-state index is 0.0752. The molecule has 1 N–H and O–H groups in total. The van der Waals surface area contributed by atoms with E-state index in [1.54, 1.807) is 0 Å². The topological polar surface area (TPSA) is 46.5 Å². The van der Waals surface area contributed by atoms with E-state index in [1.807, 2.05) is 0 Å². The van der Waals surface area contributed by atoms with Gasteiger partial charge in [-0.25, -0.2) is 18.0 Å². The van der Waals surface area contributed by atoms with Gasteiger partial charge in [0.15, 0.2) is 0 Å². The highest BCUT2D eigenvalue weighted by Gasteiger charge is 2.72. The van der Waals surface area contributed by atoms with Gasteiger partial charge in [0, 0.05) is 6.92 Å². The van der Waals surface area contributed by atoms with Crippen LogP contribution in [0.3, 0.4) is 0 Å². The van der Waals surface area contributed by atoms with Crippen LogP contribution in [0.15, 0.2) is 0 Å². The number of aliphatic hydroxyl groups is 1. The largest absolute Gasteiger partial charge is 0.457 e. The number of ether oxygens (including phenoxy) is 1. The molecular weight excluding hydrogens is 423 g/mol. The molecule has 0 aliphatic heterocycles. The van der Waals surface area contributed by atoms with E-state index in [0.717, 1.165) is 0 Å². The lowest BCUT2D eigenvalue weighted by molar-refractivity contribution is -0.373. The molecule has 0 amide bonds. The summed E-state index contributed by atoms with van der Waals surface area (Å²) in [4.78, 5) is 11.9. The van der Waals surface area contributed by atoms with E-state index >= 15 is 0 Å². The summed E-state index contributed by atoms with van der Waals surface area (Å²) in [6, 6.07) is 0. The Hall–Kier alpha value is -1.20. The third kappa shape index (κ3) is 3.93. The summed E-state index contributed by atoms with van der Waals surface area (Å²) in [6.07, 6.45) is -13.9. The molecule has 0 spiro atoms. The normalized spacial score (nSPS) is 32.9. The number of esters is 1. The zero-order valence-electron chi connectivity index (χ0n) is 15.7. The second kappa shape index (κ2) is 6.65. The summed E-state index contributed by atoms with van der Waals surface area (Å²) in [5.74, 6) is -8.60. The number of hydrogen-bond acceptors (Lipinski definition) is 3. The number of fused-ring (bicyclic) bond motifs is 2. The van der Waals surface area contributed by atoms with Crippen molar-refractivity contribution in [3.8, 4) is 0 Å². The van der Waals surface area contributed by atoms with Crippen LogP contribution in [-0.2, 0) is 9.53 Å². The molecule has 3 nitrogen and oxygen atoms in total. The fraction of sp³-hybridized carbons (Fsp3) is 0.941. The molecule has 2 rings (SSSR count). The van der Waals surface area contributed by atoms with Gasteiger partial charge in [0.2, 0.25) is 0 Å². The Bertz CT molecular complexity index is 636. The highest BCUT2D eigenvalue weighted by atomic mass is 19.4. The molecule has 170 valence electrons. The molecule has 0 heterocycles. The van der Waals surface area contributed by atoms with E-state index in [1.165, 1.54) is 6.92 Å². The molecule has 2 bridgehead atoms. The van der Waals surface area contributed by atoms with Crippen molar-refractivity contribution in [3.05, 3.63) is 0 Å². The Balaban J connectivity index is 2.14. The summed E-state index contributed by atoms with van der Waals surface area (Å²) >= 11 is 0. The fourth-order valence-corrected chi connectivity index (χ4v) is 4.28. The average molecular weight is 444 g/mol. The lowest BCUT2D eigenvalue weighted by Crippen LogP contribution is -2.58. The van der Waals surface area contributed by atoms with Gasteiger partial charge in [0.1, 0.15) is 5.60 Å². The highest BCUT2D eigenvalue weighted by molar-refractivity contribution is 5.80. The first-order chi connectivity index (χ1) is 12.7. The van der Waals surface area contributed by atoms with Gasteiger partial charge in [-0.05, 0) is 57.3 Å². The molecule has 0 aromatic carbocycles. The van der Waals surface area contributed by atoms with E-state index in [9.17, 15) is 49.4 Å². The van der Waals surface area contributed by atoms with Gasteiger partial charge < -0.3 is 9.84 Å². The van der Waals surface area contributed by atoms with Crippen molar-refractivity contribution < 1.29 is 54.2 Å². The Morgan fingerprint density at radius 1 is 1.00 bits per heavy atom. The minimum Gasteiger partial charge on any atom is -0.457 e. The van der Waals surface area contributed by atoms with Crippen molar-refractivity contribution in [1.82, 2.24) is 0 Å². The van der Waals surface area contributed by atoms with Gasteiger partial charge in [-0.1, -0.05) is 0 Å². The van der Waals surface area contributed by atoms with E-state index in [2.05, 4.69) is 0 Å². The highest BCUT2D eigenvalue weighted by Crippen LogP contribution is 2.59. The third-order valence-corrected chi connectivity index (χ3v) is 6.40. The summed E-state index contributed by atoms with van der Waals surface area (Å²) in [5.41, 5.74) is -10.0. The van der Waals surface area contributed by atoms with Gasteiger partial charge in [-0.3, -0.25) is 0 Å². The first-order valence-corrected chi connectivity index (χ1v) is 8.82. The molecule has 0 aromatic heterocycles. The summed E-state index contributed by atoms with van der Waals surface area (Å²) in [5, 5.41) is 9.38. The van der Waals surface area contributed by atoms with Gasteiger partial charge in [-0.2, -0.15) is 26.3 Å². The van der Waals surface area contributed by atoms with Crippen LogP contribution in [-0.4, -0.2) is 46.2 Å². The van der Waals surface area contributed by atoms with Crippen molar-refractivity contribution in [2.24, 2.45) is 17.8 Å². The van der Waals surface area contributed by atoms with Crippen molar-refractivity contribution >= 4 is 5.97 Å². The quantitative estimate of drug-likeness (QED) is 0.482. The third-order valence-electron chi connectivity index (χ3n) is 6.40. The van der Waals surface area contributed by atoms with Crippen LogP contribution in [0, 0.1) is 17.8 Å². The summed E-state index contributed by atoms with van der Waals surface area (Å²) in [7, 11) is 0. The SMILES string of the molecule is CC1(OC(=O)C(C)(F)C(C)(F)F)CC2CC1CC2CC(O)(C(F)(F)F)C(F)(F)F. The molecule has 2 saturated carbocycles. The summed E-state index contributed by atoms with van der Waals surface area (Å²) in [6.45, 7) is 1.80. The Morgan fingerprint density at radius 2 is 1.48 bits per heavy atom. The van der Waals surface area contributed by atoms with Crippen LogP contribution in [0.4, 0.5) is 39.5 Å². The van der Waals surface area contributed by atoms with Gasteiger partial charge in [0.25, 0.3) is 17.2 Å². The molecule has 0 aromatic rings. The Labute approximate surface area is 160 Å². The zero-order valence-corrected chi connectivity index (χ0v) is 15.7. The molecule has 2 aliphatic rings. The molecule has 2 fully saturated rings. The van der Waals surface area contributed by atoms with Gasteiger partial charge in [-0.15, -0.1) is 0 Å². The van der Waals surface area contributed by atoms with Crippen LogP contribution in [0.25, 0.3) is 0 Å². The van der Waals surface area contributed by atoms with Crippen LogP contribution in [0.1, 0.15) is 46.5 Å². The molecule has 2 aliphatic carbocycles. The maximum Gasteiger partial charge on any atom is 0.426 e. The standard InChI is InChI=1S/C17H21F9O3/c1-12(29-11(27)13(2,18)14(3,19)20)6-8-4-10(12)5-9(8)7-15(28,16(21,22)23)17(24,25)26/h8-10,28H,4-7H2,1-3H3. The summed E-state index contributed by atoms with van der Waals surface area (Å²) < 4.78 is 123. The average Bonchev–Trinajstić information content (AvgIpc) is 3.00. The van der Waals surface area contributed by atoms with E-state index in [4.69, 9.17) is 4.74 Å². The number of carbonyl (C=O) groups is 1. The maximum atomic E-state index is 14.1. The number of alkyl halides is 9. The van der Waals surface area contributed by atoms with Gasteiger partial charge >= 0.3 is 18.3 Å². The lowest BCUT2D eigenvalue weighted by atomic mass is 9.74. The fourth-order valence-electron chi connectivity index (χ4n) is 4.28. The van der Waals surface area contributed by atoms with Crippen LogP contribution in [0.5, 0.6) is 0 Å². The van der Waals surface area contributed by atoms with Crippen molar-refractivity contribution in [2.75, 3.05) is 0 Å². The molecule has 29 heavy (non-hydrogen) atoms. The Kier molecular flexibility index (Phi) is 5.52. The van der Waals surface area contributed by atoms with E-state index in [0.29, 0.717) is 6.92 Å². The number of halogens is 9. The second-order valence-corrected chi connectivity index (χ2v) is 8.55. The van der Waals surface area contributed by atoms with E-state index < -0.39 is 65.3 Å². The number of hydrogen-bond donors (Lipinski definition) is 1. The molecule has 0 saturated heterocycles. The molecule has 5 unspecified atom stereocenters. The van der Waals surface area contributed by atoms with Crippen molar-refractivity contribution in [2.45, 2.75) is 81.6 Å². The predicted molar refractivity (Wildman–Crippen MR) is 80.6 cm³/mol. The number of rotatable bonds is 5. The lowest BCUT2D eigenvalue weighted by Gasteiger charge is -2.41. The first kappa shape index (κ1) is 24.1. The number of carbonyl (C=O) groups excluding carboxylic acids is 1. The second-order valence-electron chi connectivity index (χ2n) is 8.55. The molecule has 0 radical (unpaired) electrons. The predicted octanol–water partition coefficient (Wildman–Crippen LogP) is 4.96. The monoisotopic (exact) mass is 444 g/mol. The van der Waals surface area contributed by atoms with Crippen LogP contribution >= 0.6 is 0 Å². The maximum absolute atomic E-state index is 14.1. The smallest absolute Gasteiger partial charge is 0.426 e. The molecule has 5 atom stereocenters. The molecular formula is C17H21F9O3. The van der Waals surface area contributed by atoms with Crippen LogP contribution in [0.2, 0.25) is 0 Å². The van der Waals surface area contributed by atoms with E-state index in [-0.39, 0.29) is 26.2 Å². The van der Waals surface area contributed by atoms with Crippen molar-refractivity contribution in [3.63, 3.8) is 0 Å². The van der Waals surface area contributed by atoms with Crippen LogP contribution < -0.4 is 0 Å². The zero-order chi connectivity index (χ0) is 22.8. The molecule has 12 heteroatoms.